The number of ether oxygens (including phenoxy) is 1. The molecule has 0 spiro atoms. The van der Waals surface area contributed by atoms with Gasteiger partial charge in [0.25, 0.3) is 5.56 Å². The van der Waals surface area contributed by atoms with Gasteiger partial charge >= 0.3 is 5.97 Å². The number of fused-ring (bicyclic) bond motifs is 1. The summed E-state index contributed by atoms with van der Waals surface area (Å²) in [5, 5.41) is 10.3. The van der Waals surface area contributed by atoms with E-state index in [1.54, 1.807) is 18.2 Å². The van der Waals surface area contributed by atoms with Crippen LogP contribution in [-0.4, -0.2) is 15.0 Å². The summed E-state index contributed by atoms with van der Waals surface area (Å²) in [6, 6.07) is 18.3. The van der Waals surface area contributed by atoms with Crippen molar-refractivity contribution >= 4 is 39.2 Å². The van der Waals surface area contributed by atoms with Gasteiger partial charge in [-0.25, -0.2) is 4.79 Å². The van der Waals surface area contributed by atoms with E-state index >= 15 is 0 Å². The molecule has 0 aliphatic rings. The van der Waals surface area contributed by atoms with Gasteiger partial charge in [-0.1, -0.05) is 61.2 Å². The zero-order valence-electron chi connectivity index (χ0n) is 18.4. The van der Waals surface area contributed by atoms with Crippen LogP contribution in [0, 0.1) is 5.92 Å². The van der Waals surface area contributed by atoms with Crippen LogP contribution in [0.25, 0.3) is 21.2 Å². The van der Waals surface area contributed by atoms with Gasteiger partial charge in [0.2, 0.25) is 0 Å². The number of carboxylic acids is 1. The summed E-state index contributed by atoms with van der Waals surface area (Å²) in [4.78, 5) is 24.0. The fourth-order valence-corrected chi connectivity index (χ4v) is 4.77. The molecule has 4 aromatic rings. The summed E-state index contributed by atoms with van der Waals surface area (Å²) in [7, 11) is 0. The van der Waals surface area contributed by atoms with E-state index < -0.39 is 5.97 Å². The fraction of sp³-hybridized carbons (Fsp3) is 0.231. The first-order valence-corrected chi connectivity index (χ1v) is 11.9. The van der Waals surface area contributed by atoms with Gasteiger partial charge in [0.1, 0.15) is 12.4 Å². The van der Waals surface area contributed by atoms with Gasteiger partial charge in [-0.05, 0) is 65.4 Å². The molecule has 1 N–H and O–H groups in total. The Balaban J connectivity index is 1.51. The minimum Gasteiger partial charge on any atom is -0.489 e. The van der Waals surface area contributed by atoms with Crippen LogP contribution in [0.4, 0.5) is 0 Å². The Hall–Kier alpha value is -3.09. The lowest BCUT2D eigenvalue weighted by Gasteiger charge is -2.09. The van der Waals surface area contributed by atoms with Crippen molar-refractivity contribution in [3.05, 3.63) is 87.2 Å². The predicted octanol–water partition coefficient (Wildman–Crippen LogP) is 6.71. The topological polar surface area (TPSA) is 68.5 Å². The van der Waals surface area contributed by atoms with Crippen molar-refractivity contribution in [2.24, 2.45) is 5.92 Å². The van der Waals surface area contributed by atoms with Gasteiger partial charge in [-0.3, -0.25) is 8.75 Å². The van der Waals surface area contributed by atoms with Crippen molar-refractivity contribution < 1.29 is 14.6 Å². The Morgan fingerprint density at radius 3 is 2.64 bits per heavy atom. The monoisotopic (exact) mass is 481 g/mol. The van der Waals surface area contributed by atoms with E-state index in [0.717, 1.165) is 39.7 Å². The second kappa shape index (κ2) is 9.81. The second-order valence-corrected chi connectivity index (χ2v) is 9.80. The SMILES string of the molecule is CC(C)CCn1sc2cc(OCc3cccc(-c4ccc(Cl)c(C(=O)O)c4)c3)ccc2c1=O. The van der Waals surface area contributed by atoms with Gasteiger partial charge in [0, 0.05) is 6.54 Å². The first-order valence-electron chi connectivity index (χ1n) is 10.7. The number of rotatable bonds is 8. The Morgan fingerprint density at radius 2 is 1.88 bits per heavy atom. The molecule has 0 aliphatic heterocycles. The normalized spacial score (nSPS) is 11.3. The van der Waals surface area contributed by atoms with E-state index in [2.05, 4.69) is 13.8 Å². The molecule has 3 aromatic carbocycles. The molecule has 0 fully saturated rings. The Bertz CT molecular complexity index is 1370. The number of halogens is 1. The fourth-order valence-electron chi connectivity index (χ4n) is 3.54. The summed E-state index contributed by atoms with van der Waals surface area (Å²) in [6.07, 6.45) is 0.966. The maximum absolute atomic E-state index is 12.6. The minimum absolute atomic E-state index is 0.0543. The largest absolute Gasteiger partial charge is 0.489 e. The number of carboxylic acid groups (broad SMARTS) is 1. The lowest BCUT2D eigenvalue weighted by molar-refractivity contribution is 0.0697. The van der Waals surface area contributed by atoms with Crippen LogP contribution in [-0.2, 0) is 13.2 Å². The third kappa shape index (κ3) is 5.29. The molecule has 0 atom stereocenters. The Morgan fingerprint density at radius 1 is 1.09 bits per heavy atom. The summed E-state index contributed by atoms with van der Waals surface area (Å²) in [5.74, 6) is 0.183. The first-order chi connectivity index (χ1) is 15.8. The third-order valence-corrected chi connectivity index (χ3v) is 6.82. The molecular formula is C26H24ClNO4S. The summed E-state index contributed by atoms with van der Waals surface area (Å²) in [6.45, 7) is 5.38. The molecule has 4 rings (SSSR count). The molecule has 0 unspecified atom stereocenters. The van der Waals surface area contributed by atoms with Gasteiger partial charge in [-0.15, -0.1) is 0 Å². The molecule has 0 saturated heterocycles. The highest BCUT2D eigenvalue weighted by Gasteiger charge is 2.12. The highest BCUT2D eigenvalue weighted by atomic mass is 35.5. The van der Waals surface area contributed by atoms with E-state index in [9.17, 15) is 14.7 Å². The summed E-state index contributed by atoms with van der Waals surface area (Å²) in [5.41, 5.74) is 2.72. The maximum atomic E-state index is 12.6. The van der Waals surface area contributed by atoms with Crippen molar-refractivity contribution in [2.75, 3.05) is 0 Å². The van der Waals surface area contributed by atoms with Crippen molar-refractivity contribution in [3.8, 4) is 16.9 Å². The molecule has 5 nitrogen and oxygen atoms in total. The predicted molar refractivity (Wildman–Crippen MR) is 134 cm³/mol. The zero-order chi connectivity index (χ0) is 23.5. The standard InChI is InChI=1S/C26H24ClNO4S/c1-16(2)10-11-28-25(29)21-8-7-20(14-24(21)33-28)32-15-17-4-3-5-18(12-17)19-6-9-23(27)22(13-19)26(30)31/h3-9,12-14,16H,10-11,15H2,1-2H3,(H,30,31). The molecule has 33 heavy (non-hydrogen) atoms. The van der Waals surface area contributed by atoms with Crippen LogP contribution < -0.4 is 10.3 Å². The lowest BCUT2D eigenvalue weighted by Crippen LogP contribution is -2.13. The lowest BCUT2D eigenvalue weighted by atomic mass is 10.0. The van der Waals surface area contributed by atoms with Crippen LogP contribution in [0.15, 0.2) is 65.5 Å². The molecule has 0 saturated carbocycles. The highest BCUT2D eigenvalue weighted by Crippen LogP contribution is 2.27. The third-order valence-electron chi connectivity index (χ3n) is 5.39. The van der Waals surface area contributed by atoms with E-state index in [1.165, 1.54) is 11.5 Å². The molecule has 0 radical (unpaired) electrons. The van der Waals surface area contributed by atoms with E-state index in [4.69, 9.17) is 16.3 Å². The first kappa shape index (κ1) is 23.1. The molecular weight excluding hydrogens is 458 g/mol. The number of hydrogen-bond acceptors (Lipinski definition) is 4. The van der Waals surface area contributed by atoms with Gasteiger partial charge < -0.3 is 9.84 Å². The van der Waals surface area contributed by atoms with E-state index in [-0.39, 0.29) is 16.1 Å². The van der Waals surface area contributed by atoms with Crippen molar-refractivity contribution in [2.45, 2.75) is 33.4 Å². The van der Waals surface area contributed by atoms with Crippen LogP contribution in [0.2, 0.25) is 5.02 Å². The second-order valence-electron chi connectivity index (χ2n) is 8.33. The molecule has 1 heterocycles. The summed E-state index contributed by atoms with van der Waals surface area (Å²) >= 11 is 7.46. The minimum atomic E-state index is -1.06. The maximum Gasteiger partial charge on any atom is 0.337 e. The van der Waals surface area contributed by atoms with Crippen molar-refractivity contribution in [3.63, 3.8) is 0 Å². The Labute approximate surface area is 201 Å². The molecule has 170 valence electrons. The number of carbonyl (C=O) groups is 1. The zero-order valence-corrected chi connectivity index (χ0v) is 19.9. The average molecular weight is 482 g/mol. The molecule has 0 aliphatic carbocycles. The van der Waals surface area contributed by atoms with Crippen molar-refractivity contribution in [1.82, 2.24) is 3.96 Å². The van der Waals surface area contributed by atoms with E-state index in [0.29, 0.717) is 18.3 Å². The number of benzene rings is 3. The van der Waals surface area contributed by atoms with Crippen LogP contribution >= 0.6 is 23.1 Å². The summed E-state index contributed by atoms with van der Waals surface area (Å²) < 4.78 is 8.73. The number of aromatic nitrogens is 1. The van der Waals surface area contributed by atoms with Crippen LogP contribution in [0.1, 0.15) is 36.2 Å². The smallest absolute Gasteiger partial charge is 0.337 e. The van der Waals surface area contributed by atoms with Gasteiger partial charge in [-0.2, -0.15) is 0 Å². The van der Waals surface area contributed by atoms with Gasteiger partial charge in [0.05, 0.1) is 20.7 Å². The highest BCUT2D eigenvalue weighted by molar-refractivity contribution is 7.13. The molecule has 7 heteroatoms. The van der Waals surface area contributed by atoms with Crippen LogP contribution in [0.5, 0.6) is 5.75 Å². The quantitative estimate of drug-likeness (QED) is 0.304. The Kier molecular flexibility index (Phi) is 6.86. The van der Waals surface area contributed by atoms with Crippen molar-refractivity contribution in [1.29, 1.82) is 0 Å². The number of hydrogen-bond donors (Lipinski definition) is 1. The molecule has 0 bridgehead atoms. The number of aryl methyl sites for hydroxylation is 1. The molecule has 1 aromatic heterocycles. The van der Waals surface area contributed by atoms with Crippen LogP contribution in [0.3, 0.4) is 0 Å². The number of aromatic carboxylic acids is 1. The average Bonchev–Trinajstić information content (AvgIpc) is 3.11. The number of nitrogens with zero attached hydrogens (tertiary/aromatic N) is 1. The molecule has 0 amide bonds. The van der Waals surface area contributed by atoms with E-state index in [1.807, 2.05) is 46.4 Å². The van der Waals surface area contributed by atoms with Gasteiger partial charge in [0.15, 0.2) is 0 Å².